The highest BCUT2D eigenvalue weighted by molar-refractivity contribution is 5.26. The standard InChI is InChI=1S/C12H16.C9H11N.C9H16.C7H16.C4H10/c1-10(2)8-9-12-7-5-4-6-11(12)3;1-4-9-7(2)5-6-10-8(9)3;1-8(2)9-6-4-3-5-7-9;1-3-5-7-6-4-2;1-3-4-2/h4-7H,1,8-9H2,2-3H3;4-6H,2H2,1,3H3;9H,1,3-7H2,2H3;3-7H2,1-2H3;3-4H2,1-2H3/b;9-4+;;;. The summed E-state index contributed by atoms with van der Waals surface area (Å²) in [6, 6.07) is 10.5. The van der Waals surface area contributed by atoms with Gasteiger partial charge in [-0.25, -0.2) is 0 Å². The summed E-state index contributed by atoms with van der Waals surface area (Å²) in [4.78, 5) is 4.14. The molecule has 0 aliphatic heterocycles. The summed E-state index contributed by atoms with van der Waals surface area (Å²) < 4.78 is 0. The molecule has 3 rings (SSSR count). The van der Waals surface area contributed by atoms with Crippen molar-refractivity contribution in [3.05, 3.63) is 88.1 Å². The van der Waals surface area contributed by atoms with E-state index >= 15 is 0 Å². The fourth-order valence-electron chi connectivity index (χ4n) is 4.54. The number of aryl methyl sites for hydroxylation is 3. The molecule has 0 unspecified atom stereocenters. The van der Waals surface area contributed by atoms with Crippen LogP contribution >= 0.6 is 0 Å². The van der Waals surface area contributed by atoms with Crippen LogP contribution in [-0.4, -0.2) is 4.98 Å². The second-order valence-corrected chi connectivity index (χ2v) is 11.9. The summed E-state index contributed by atoms with van der Waals surface area (Å²) in [5.74, 6) is 0.860. The molecule has 0 spiro atoms. The molecule has 1 aromatic heterocycles. The first-order valence-corrected chi connectivity index (χ1v) is 17.0. The van der Waals surface area contributed by atoms with Crippen LogP contribution in [0.15, 0.2) is 60.8 Å². The van der Waals surface area contributed by atoms with E-state index in [0.29, 0.717) is 0 Å². The lowest BCUT2D eigenvalue weighted by atomic mass is 9.85. The molecule has 1 aliphatic rings. The minimum absolute atomic E-state index is 0.860. The fraction of sp³-hybridized carbons (Fsp3) is 0.585. The van der Waals surface area contributed by atoms with E-state index in [1.165, 1.54) is 99.3 Å². The van der Waals surface area contributed by atoms with Gasteiger partial charge in [0.05, 0.1) is 0 Å². The summed E-state index contributed by atoms with van der Waals surface area (Å²) in [5.41, 5.74) is 6.54. The molecule has 42 heavy (non-hydrogen) atoms. The Balaban J connectivity index is 0. The van der Waals surface area contributed by atoms with Crippen LogP contribution in [0.25, 0.3) is 12.7 Å². The highest BCUT2D eigenvalue weighted by atomic mass is 14.6. The highest BCUT2D eigenvalue weighted by Gasteiger charge is 2.12. The molecule has 0 N–H and O–H groups in total. The van der Waals surface area contributed by atoms with E-state index in [-0.39, 0.29) is 0 Å². The van der Waals surface area contributed by atoms with Crippen LogP contribution in [0.4, 0.5) is 0 Å². The lowest BCUT2D eigenvalue weighted by Gasteiger charge is -2.21. The average Bonchev–Trinajstić information content (AvgIpc) is 2.99. The van der Waals surface area contributed by atoms with E-state index in [1.807, 2.05) is 26.0 Å². The van der Waals surface area contributed by atoms with Crippen molar-refractivity contribution in [2.75, 3.05) is 0 Å². The van der Waals surface area contributed by atoms with E-state index in [4.69, 9.17) is 0 Å². The van der Waals surface area contributed by atoms with Crippen LogP contribution in [0.2, 0.25) is 0 Å². The van der Waals surface area contributed by atoms with Gasteiger partial charge in [-0.15, -0.1) is 6.58 Å². The normalized spacial score (nSPS) is 12.6. The molecule has 0 saturated heterocycles. The Bertz CT molecular complexity index is 1030. The Morgan fingerprint density at radius 2 is 1.40 bits per heavy atom. The van der Waals surface area contributed by atoms with E-state index in [0.717, 1.165) is 34.9 Å². The Morgan fingerprint density at radius 3 is 1.79 bits per heavy atom. The molecule has 1 fully saturated rings. The van der Waals surface area contributed by atoms with E-state index in [1.54, 1.807) is 6.20 Å². The van der Waals surface area contributed by atoms with Crippen molar-refractivity contribution in [2.24, 2.45) is 5.92 Å². The third kappa shape index (κ3) is 23.2. The molecule has 1 nitrogen and oxygen atoms in total. The Labute approximate surface area is 263 Å². The largest absolute Gasteiger partial charge is 0.261 e. The van der Waals surface area contributed by atoms with Crippen LogP contribution in [0, 0.1) is 19.8 Å². The van der Waals surface area contributed by atoms with Gasteiger partial charge in [-0.05, 0) is 93.9 Å². The van der Waals surface area contributed by atoms with Gasteiger partial charge in [-0.2, -0.15) is 0 Å². The number of allylic oxidation sites excluding steroid dienone is 2. The molecular formula is C41H69N. The second kappa shape index (κ2) is 28.7. The monoisotopic (exact) mass is 576 g/mol. The van der Waals surface area contributed by atoms with E-state index in [2.05, 4.69) is 97.5 Å². The fourth-order valence-corrected chi connectivity index (χ4v) is 4.54. The maximum absolute atomic E-state index is 4.14. The van der Waals surface area contributed by atoms with Gasteiger partial charge in [0.25, 0.3) is 0 Å². The van der Waals surface area contributed by atoms with Crippen molar-refractivity contribution >= 4 is 12.7 Å². The topological polar surface area (TPSA) is 12.9 Å². The van der Waals surface area contributed by atoms with Gasteiger partial charge in [0.2, 0.25) is 0 Å². The number of rotatable bonds is 9. The molecule has 0 atom stereocenters. The smallest absolute Gasteiger partial charge is 0.0447 e. The van der Waals surface area contributed by atoms with Gasteiger partial charge >= 0.3 is 0 Å². The molecule has 1 saturated carbocycles. The van der Waals surface area contributed by atoms with Gasteiger partial charge in [-0.1, -0.05) is 147 Å². The summed E-state index contributed by atoms with van der Waals surface area (Å²) >= 11 is 0. The number of pyridine rings is 1. The molecule has 1 aromatic carbocycles. The molecule has 238 valence electrons. The summed E-state index contributed by atoms with van der Waals surface area (Å²) in [6.45, 7) is 31.0. The molecule has 0 radical (unpaired) electrons. The first-order chi connectivity index (χ1) is 20.1. The van der Waals surface area contributed by atoms with Crippen LogP contribution in [0.5, 0.6) is 0 Å². The van der Waals surface area contributed by atoms with Gasteiger partial charge in [0.15, 0.2) is 0 Å². The minimum atomic E-state index is 0.860. The number of benzene rings is 1. The molecule has 0 bridgehead atoms. The zero-order valence-electron chi connectivity index (χ0n) is 29.6. The molecule has 0 amide bonds. The average molecular weight is 576 g/mol. The van der Waals surface area contributed by atoms with Crippen molar-refractivity contribution in [1.82, 2.24) is 4.98 Å². The third-order valence-electron chi connectivity index (χ3n) is 7.66. The van der Waals surface area contributed by atoms with Crippen LogP contribution in [0.1, 0.15) is 149 Å². The predicted molar refractivity (Wildman–Crippen MR) is 195 cm³/mol. The van der Waals surface area contributed by atoms with Gasteiger partial charge in [0.1, 0.15) is 0 Å². The lowest BCUT2D eigenvalue weighted by molar-refractivity contribution is 0.404. The first kappa shape index (κ1) is 41.7. The minimum Gasteiger partial charge on any atom is -0.261 e. The third-order valence-corrected chi connectivity index (χ3v) is 7.66. The van der Waals surface area contributed by atoms with Crippen molar-refractivity contribution < 1.29 is 0 Å². The summed E-state index contributed by atoms with van der Waals surface area (Å²) in [5, 5.41) is 2.21. The molecular weight excluding hydrogens is 506 g/mol. The van der Waals surface area contributed by atoms with Gasteiger partial charge in [-0.3, -0.25) is 4.98 Å². The molecule has 1 aliphatic carbocycles. The summed E-state index contributed by atoms with van der Waals surface area (Å²) in [6.07, 6.45) is 22.8. The van der Waals surface area contributed by atoms with Crippen LogP contribution in [0.3, 0.4) is 0 Å². The summed E-state index contributed by atoms with van der Waals surface area (Å²) in [7, 11) is 0. The van der Waals surface area contributed by atoms with Crippen molar-refractivity contribution in [3.8, 4) is 0 Å². The number of unbranched alkanes of at least 4 members (excludes halogenated alkanes) is 5. The quantitative estimate of drug-likeness (QED) is 0.214. The Hall–Kier alpha value is -2.41. The van der Waals surface area contributed by atoms with Crippen LogP contribution < -0.4 is 10.4 Å². The number of hydrogen-bond donors (Lipinski definition) is 0. The lowest BCUT2D eigenvalue weighted by Crippen LogP contribution is -2.26. The molecule has 2 aromatic rings. The van der Waals surface area contributed by atoms with Gasteiger partial charge < -0.3 is 0 Å². The first-order valence-electron chi connectivity index (χ1n) is 17.0. The van der Waals surface area contributed by atoms with Gasteiger partial charge in [0, 0.05) is 11.9 Å². The molecule has 1 heteroatoms. The van der Waals surface area contributed by atoms with Crippen molar-refractivity contribution in [1.29, 1.82) is 0 Å². The highest BCUT2D eigenvalue weighted by Crippen LogP contribution is 2.28. The zero-order valence-corrected chi connectivity index (χ0v) is 29.6. The van der Waals surface area contributed by atoms with E-state index in [9.17, 15) is 0 Å². The molecule has 1 heterocycles. The SMILES string of the molecule is C=C(C)C1CCCCC1.C=C(C)CCc1ccccc1C.C=c1ccnc(C)/c1=C/C.CCCC.CCCCCCC. The van der Waals surface area contributed by atoms with Crippen molar-refractivity contribution in [2.45, 2.75) is 152 Å². The number of nitrogens with zero attached hydrogens (tertiary/aromatic N) is 1. The maximum atomic E-state index is 4.14. The number of hydrogen-bond acceptors (Lipinski definition) is 1. The zero-order chi connectivity index (χ0) is 32.2. The second-order valence-electron chi connectivity index (χ2n) is 11.9. The predicted octanol–water partition coefficient (Wildman–Crippen LogP) is 12.0. The van der Waals surface area contributed by atoms with Crippen LogP contribution in [-0.2, 0) is 6.42 Å². The maximum Gasteiger partial charge on any atom is 0.0447 e. The van der Waals surface area contributed by atoms with Crippen molar-refractivity contribution in [3.63, 3.8) is 0 Å². The Morgan fingerprint density at radius 1 is 0.833 bits per heavy atom. The number of aromatic nitrogens is 1. The van der Waals surface area contributed by atoms with E-state index < -0.39 is 0 Å². The Kier molecular flexibility index (Phi) is 28.5.